The molecule has 1 amide bonds. The van der Waals surface area contributed by atoms with Gasteiger partial charge in [0.25, 0.3) is 5.89 Å². The van der Waals surface area contributed by atoms with Crippen LogP contribution in [0.3, 0.4) is 0 Å². The molecule has 146 valence electrons. The lowest BCUT2D eigenvalue weighted by atomic mass is 10.0. The highest BCUT2D eigenvalue weighted by Crippen LogP contribution is 2.30. The highest BCUT2D eigenvalue weighted by atomic mass is 19.1. The fraction of sp³-hybridized carbons (Fsp3) is 0.250. The second-order valence-electron chi connectivity index (χ2n) is 6.22. The van der Waals surface area contributed by atoms with Gasteiger partial charge in [0.1, 0.15) is 17.6 Å². The summed E-state index contributed by atoms with van der Waals surface area (Å²) in [6, 6.07) is 12.4. The van der Waals surface area contributed by atoms with Crippen molar-refractivity contribution in [2.45, 2.75) is 13.0 Å². The van der Waals surface area contributed by atoms with Gasteiger partial charge >= 0.3 is 6.01 Å². The second-order valence-corrected chi connectivity index (χ2v) is 6.22. The van der Waals surface area contributed by atoms with Gasteiger partial charge in [-0.15, -0.1) is 5.10 Å². The van der Waals surface area contributed by atoms with Crippen LogP contribution >= 0.6 is 0 Å². The van der Waals surface area contributed by atoms with Gasteiger partial charge in [0, 0.05) is 5.56 Å². The van der Waals surface area contributed by atoms with Crippen molar-refractivity contribution in [1.29, 1.82) is 0 Å². The molecular weight excluding hydrogens is 363 g/mol. The number of halogens is 1. The molecule has 3 rings (SSSR count). The van der Waals surface area contributed by atoms with Crippen LogP contribution in [0.2, 0.25) is 0 Å². The van der Waals surface area contributed by atoms with E-state index in [9.17, 15) is 9.18 Å². The molecule has 0 aliphatic rings. The first-order valence-electron chi connectivity index (χ1n) is 8.78. The van der Waals surface area contributed by atoms with E-state index in [1.807, 2.05) is 19.1 Å². The van der Waals surface area contributed by atoms with Crippen LogP contribution in [-0.4, -0.2) is 41.7 Å². The first kappa shape index (κ1) is 19.5. The Labute approximate surface area is 162 Å². The number of para-hydroxylation sites is 1. The van der Waals surface area contributed by atoms with E-state index in [0.29, 0.717) is 17.9 Å². The third-order valence-corrected chi connectivity index (χ3v) is 4.04. The van der Waals surface area contributed by atoms with Gasteiger partial charge in [-0.3, -0.25) is 15.0 Å². The summed E-state index contributed by atoms with van der Waals surface area (Å²) in [5.74, 6) is -0.132. The highest BCUT2D eigenvalue weighted by Gasteiger charge is 2.27. The topological polar surface area (TPSA) is 80.5 Å². The van der Waals surface area contributed by atoms with Crippen LogP contribution in [0.25, 0.3) is 11.5 Å². The zero-order chi connectivity index (χ0) is 20.1. The van der Waals surface area contributed by atoms with E-state index in [0.717, 1.165) is 0 Å². The quantitative estimate of drug-likeness (QED) is 0.671. The molecule has 7 nitrogen and oxygen atoms in total. The number of rotatable bonds is 7. The molecule has 0 saturated heterocycles. The number of carbonyl (C=O) groups excluding carboxylic acids is 1. The number of hydrogen-bond donors (Lipinski definition) is 1. The summed E-state index contributed by atoms with van der Waals surface area (Å²) < 4.78 is 25.3. The van der Waals surface area contributed by atoms with Crippen molar-refractivity contribution in [2.75, 3.05) is 26.0 Å². The predicted molar refractivity (Wildman–Crippen MR) is 102 cm³/mol. The summed E-state index contributed by atoms with van der Waals surface area (Å²) in [5.41, 5.74) is 0.877. The molecule has 0 saturated carbocycles. The minimum absolute atomic E-state index is 0.0745. The summed E-state index contributed by atoms with van der Waals surface area (Å²) in [5, 5.41) is 10.4. The minimum Gasteiger partial charge on any atom is -0.493 e. The summed E-state index contributed by atoms with van der Waals surface area (Å²) in [7, 11) is 3.38. The number of carbonyl (C=O) groups is 1. The van der Waals surface area contributed by atoms with Crippen LogP contribution in [-0.2, 0) is 4.79 Å². The van der Waals surface area contributed by atoms with E-state index >= 15 is 0 Å². The first-order valence-corrected chi connectivity index (χ1v) is 8.78. The number of likely N-dealkylation sites (N-methyl/N-ethyl adjacent to an activating group) is 1. The Morgan fingerprint density at radius 2 is 1.89 bits per heavy atom. The van der Waals surface area contributed by atoms with Crippen molar-refractivity contribution in [1.82, 2.24) is 15.1 Å². The standard InChI is InChI=1S/C20H21FN4O3/c1-4-27-16-12-8-6-10-14(16)19-23-24-20(28-19)22-18(26)17(25(2)3)13-9-5-7-11-15(13)21/h5-12,17H,4H2,1-3H3,(H,22,24,26). The number of anilines is 1. The zero-order valence-electron chi connectivity index (χ0n) is 15.8. The van der Waals surface area contributed by atoms with Gasteiger partial charge in [0.05, 0.1) is 12.2 Å². The zero-order valence-corrected chi connectivity index (χ0v) is 15.8. The lowest BCUT2D eigenvalue weighted by Crippen LogP contribution is -2.33. The molecule has 3 aromatic rings. The molecule has 0 fully saturated rings. The molecule has 2 aromatic carbocycles. The van der Waals surface area contributed by atoms with E-state index in [4.69, 9.17) is 9.15 Å². The summed E-state index contributed by atoms with van der Waals surface area (Å²) in [4.78, 5) is 14.4. The van der Waals surface area contributed by atoms with Crippen LogP contribution in [0.4, 0.5) is 10.4 Å². The van der Waals surface area contributed by atoms with E-state index in [1.54, 1.807) is 49.3 Å². The minimum atomic E-state index is -0.854. The lowest BCUT2D eigenvalue weighted by Gasteiger charge is -2.23. The normalized spacial score (nSPS) is 12.0. The van der Waals surface area contributed by atoms with Crippen molar-refractivity contribution in [3.05, 3.63) is 59.9 Å². The van der Waals surface area contributed by atoms with Crippen molar-refractivity contribution in [2.24, 2.45) is 0 Å². The third kappa shape index (κ3) is 4.17. The van der Waals surface area contributed by atoms with E-state index in [1.165, 1.54) is 6.07 Å². The fourth-order valence-corrected chi connectivity index (χ4v) is 2.83. The molecule has 1 aromatic heterocycles. The Kier molecular flexibility index (Phi) is 6.00. The Hall–Kier alpha value is -3.26. The molecule has 1 heterocycles. The Balaban J connectivity index is 1.83. The fourth-order valence-electron chi connectivity index (χ4n) is 2.83. The maximum atomic E-state index is 14.2. The number of amides is 1. The smallest absolute Gasteiger partial charge is 0.322 e. The molecule has 8 heteroatoms. The van der Waals surface area contributed by atoms with Gasteiger partial charge in [-0.05, 0) is 39.2 Å². The molecule has 1 N–H and O–H groups in total. The highest BCUT2D eigenvalue weighted by molar-refractivity contribution is 5.94. The molecule has 1 atom stereocenters. The maximum Gasteiger partial charge on any atom is 0.322 e. The van der Waals surface area contributed by atoms with Gasteiger partial charge < -0.3 is 9.15 Å². The van der Waals surface area contributed by atoms with E-state index in [-0.39, 0.29) is 17.5 Å². The molecule has 1 unspecified atom stereocenters. The van der Waals surface area contributed by atoms with Gasteiger partial charge in [0.15, 0.2) is 0 Å². The molecule has 28 heavy (non-hydrogen) atoms. The van der Waals surface area contributed by atoms with E-state index in [2.05, 4.69) is 15.5 Å². The van der Waals surface area contributed by atoms with Gasteiger partial charge in [-0.2, -0.15) is 0 Å². The first-order chi connectivity index (χ1) is 13.5. The number of ether oxygens (including phenoxy) is 1. The van der Waals surface area contributed by atoms with Crippen LogP contribution in [0, 0.1) is 5.82 Å². The van der Waals surface area contributed by atoms with Crippen molar-refractivity contribution < 1.29 is 18.3 Å². The molecule has 0 spiro atoms. The van der Waals surface area contributed by atoms with Crippen molar-refractivity contribution in [3.63, 3.8) is 0 Å². The SMILES string of the molecule is CCOc1ccccc1-c1nnc(NC(=O)C(c2ccccc2F)N(C)C)o1. The number of hydrogen-bond acceptors (Lipinski definition) is 6. The number of nitrogens with one attached hydrogen (secondary N) is 1. The summed E-state index contributed by atoms with van der Waals surface area (Å²) >= 11 is 0. The van der Waals surface area contributed by atoms with Crippen LogP contribution < -0.4 is 10.1 Å². The maximum absolute atomic E-state index is 14.2. The van der Waals surface area contributed by atoms with E-state index < -0.39 is 17.8 Å². The average molecular weight is 384 g/mol. The summed E-state index contributed by atoms with van der Waals surface area (Å²) in [6.07, 6.45) is 0. The molecule has 0 aliphatic heterocycles. The van der Waals surface area contributed by atoms with Gasteiger partial charge in [-0.25, -0.2) is 4.39 Å². The lowest BCUT2D eigenvalue weighted by molar-refractivity contribution is -0.120. The number of nitrogens with zero attached hydrogens (tertiary/aromatic N) is 3. The largest absolute Gasteiger partial charge is 0.493 e. The Morgan fingerprint density at radius 3 is 2.61 bits per heavy atom. The third-order valence-electron chi connectivity index (χ3n) is 4.04. The van der Waals surface area contributed by atoms with Gasteiger partial charge in [-0.1, -0.05) is 35.4 Å². The average Bonchev–Trinajstić information content (AvgIpc) is 3.12. The van der Waals surface area contributed by atoms with Crippen LogP contribution in [0.1, 0.15) is 18.5 Å². The summed E-state index contributed by atoms with van der Waals surface area (Å²) in [6.45, 7) is 2.36. The second kappa shape index (κ2) is 8.62. The van der Waals surface area contributed by atoms with Gasteiger partial charge in [0.2, 0.25) is 5.91 Å². The number of benzene rings is 2. The molecule has 0 aliphatic carbocycles. The Morgan fingerprint density at radius 1 is 1.18 bits per heavy atom. The Bertz CT molecular complexity index is 958. The molecule has 0 radical (unpaired) electrons. The van der Waals surface area contributed by atoms with Crippen LogP contribution in [0.5, 0.6) is 5.75 Å². The van der Waals surface area contributed by atoms with Crippen molar-refractivity contribution >= 4 is 11.9 Å². The molecule has 0 bridgehead atoms. The monoisotopic (exact) mass is 384 g/mol. The molecular formula is C20H21FN4O3. The number of aromatic nitrogens is 2. The van der Waals surface area contributed by atoms with Crippen molar-refractivity contribution in [3.8, 4) is 17.2 Å². The van der Waals surface area contributed by atoms with Crippen LogP contribution in [0.15, 0.2) is 52.9 Å². The predicted octanol–water partition coefficient (Wildman–Crippen LogP) is 3.52.